The first-order valence-electron chi connectivity index (χ1n) is 6.29. The second-order valence-electron chi connectivity index (χ2n) is 4.85. The van der Waals surface area contributed by atoms with Crippen molar-refractivity contribution in [1.29, 1.82) is 0 Å². The first-order chi connectivity index (χ1) is 8.84. The van der Waals surface area contributed by atoms with Gasteiger partial charge in [0.2, 0.25) is 11.7 Å². The molecule has 2 N–H and O–H groups in total. The Kier molecular flexibility index (Phi) is 4.17. The fourth-order valence-corrected chi connectivity index (χ4v) is 2.61. The molecule has 0 amide bonds. The average Bonchev–Trinajstić information content (AvgIpc) is 3.09. The Labute approximate surface area is 118 Å². The third kappa shape index (κ3) is 2.48. The third-order valence-corrected chi connectivity index (χ3v) is 3.77. The van der Waals surface area contributed by atoms with Crippen LogP contribution >= 0.6 is 12.4 Å². The van der Waals surface area contributed by atoms with Gasteiger partial charge in [-0.05, 0) is 25.0 Å². The zero-order valence-electron chi connectivity index (χ0n) is 10.6. The Bertz CT molecular complexity index is 522. The molecule has 0 bridgehead atoms. The van der Waals surface area contributed by atoms with Gasteiger partial charge in [0.15, 0.2) is 0 Å². The van der Waals surface area contributed by atoms with E-state index in [4.69, 9.17) is 10.3 Å². The van der Waals surface area contributed by atoms with Gasteiger partial charge >= 0.3 is 0 Å². The summed E-state index contributed by atoms with van der Waals surface area (Å²) < 4.78 is 5.44. The molecule has 1 saturated carbocycles. The zero-order valence-corrected chi connectivity index (χ0v) is 11.4. The van der Waals surface area contributed by atoms with Gasteiger partial charge in [0.25, 0.3) is 0 Å². The molecule has 0 saturated heterocycles. The number of nitrogens with two attached hydrogens (primary N) is 1. The van der Waals surface area contributed by atoms with Crippen molar-refractivity contribution in [3.05, 3.63) is 30.4 Å². The Morgan fingerprint density at radius 2 is 1.89 bits per heavy atom. The van der Waals surface area contributed by atoms with Gasteiger partial charge in [-0.2, -0.15) is 4.98 Å². The molecular weight excluding hydrogens is 264 g/mol. The number of aromatic nitrogens is 3. The number of halogens is 1. The van der Waals surface area contributed by atoms with E-state index in [9.17, 15) is 0 Å². The predicted molar refractivity (Wildman–Crippen MR) is 74.0 cm³/mol. The number of nitrogens with zero attached hydrogens (tertiary/aromatic N) is 3. The average molecular weight is 281 g/mol. The number of rotatable bonds is 3. The van der Waals surface area contributed by atoms with Crippen LogP contribution in [0.2, 0.25) is 0 Å². The number of hydrogen-bond acceptors (Lipinski definition) is 5. The van der Waals surface area contributed by atoms with Crippen molar-refractivity contribution < 1.29 is 4.52 Å². The van der Waals surface area contributed by atoms with Crippen molar-refractivity contribution in [3.63, 3.8) is 0 Å². The first kappa shape index (κ1) is 14.0. The molecule has 2 heterocycles. The summed E-state index contributed by atoms with van der Waals surface area (Å²) >= 11 is 0. The summed E-state index contributed by atoms with van der Waals surface area (Å²) in [6.45, 7) is 0.574. The summed E-state index contributed by atoms with van der Waals surface area (Å²) in [6.07, 6.45) is 7.90. The van der Waals surface area contributed by atoms with E-state index >= 15 is 0 Å². The molecule has 6 heteroatoms. The van der Waals surface area contributed by atoms with E-state index in [1.807, 2.05) is 12.1 Å². The van der Waals surface area contributed by atoms with Crippen LogP contribution in [0.25, 0.3) is 11.4 Å². The molecule has 2 aromatic rings. The van der Waals surface area contributed by atoms with Gasteiger partial charge in [0, 0.05) is 24.5 Å². The van der Waals surface area contributed by atoms with Gasteiger partial charge in [-0.15, -0.1) is 12.4 Å². The number of pyridine rings is 1. The lowest BCUT2D eigenvalue weighted by atomic mass is 9.86. The Hall–Kier alpha value is -1.46. The zero-order chi connectivity index (χ0) is 12.4. The van der Waals surface area contributed by atoms with Crippen LogP contribution in [0.4, 0.5) is 0 Å². The lowest BCUT2D eigenvalue weighted by Gasteiger charge is -2.21. The maximum atomic E-state index is 5.91. The van der Waals surface area contributed by atoms with Crippen LogP contribution in [-0.4, -0.2) is 21.7 Å². The lowest BCUT2D eigenvalue weighted by molar-refractivity contribution is 0.284. The van der Waals surface area contributed by atoms with E-state index in [0.29, 0.717) is 18.3 Å². The minimum Gasteiger partial charge on any atom is -0.338 e. The quantitative estimate of drug-likeness (QED) is 0.933. The summed E-state index contributed by atoms with van der Waals surface area (Å²) in [7, 11) is 0. The molecule has 2 aromatic heterocycles. The largest absolute Gasteiger partial charge is 0.338 e. The highest BCUT2D eigenvalue weighted by atomic mass is 35.5. The summed E-state index contributed by atoms with van der Waals surface area (Å²) in [5, 5.41) is 4.05. The smallest absolute Gasteiger partial charge is 0.234 e. The molecule has 1 aliphatic rings. The van der Waals surface area contributed by atoms with Crippen LogP contribution in [0.5, 0.6) is 0 Å². The molecule has 1 fully saturated rings. The van der Waals surface area contributed by atoms with Crippen molar-refractivity contribution in [1.82, 2.24) is 15.1 Å². The van der Waals surface area contributed by atoms with Crippen LogP contribution < -0.4 is 5.73 Å². The third-order valence-electron chi connectivity index (χ3n) is 3.77. The van der Waals surface area contributed by atoms with E-state index in [1.165, 1.54) is 12.8 Å². The van der Waals surface area contributed by atoms with Crippen molar-refractivity contribution in [2.24, 2.45) is 5.73 Å². The van der Waals surface area contributed by atoms with Gasteiger partial charge < -0.3 is 10.3 Å². The Morgan fingerprint density at radius 1 is 1.21 bits per heavy atom. The molecule has 0 aromatic carbocycles. The molecule has 102 valence electrons. The molecule has 5 nitrogen and oxygen atoms in total. The molecule has 0 aliphatic heterocycles. The molecule has 1 aliphatic carbocycles. The van der Waals surface area contributed by atoms with E-state index < -0.39 is 0 Å². The second kappa shape index (κ2) is 5.67. The normalized spacial score (nSPS) is 17.1. The fraction of sp³-hybridized carbons (Fsp3) is 0.462. The molecule has 0 unspecified atom stereocenters. The van der Waals surface area contributed by atoms with Crippen molar-refractivity contribution >= 4 is 12.4 Å². The maximum Gasteiger partial charge on any atom is 0.234 e. The van der Waals surface area contributed by atoms with Gasteiger partial charge in [-0.25, -0.2) is 0 Å². The highest BCUT2D eigenvalue weighted by Gasteiger charge is 2.39. The fourth-order valence-electron chi connectivity index (χ4n) is 2.61. The summed E-state index contributed by atoms with van der Waals surface area (Å²) in [5.74, 6) is 1.31. The predicted octanol–water partition coefficient (Wildman–Crippen LogP) is 2.32. The van der Waals surface area contributed by atoms with E-state index in [-0.39, 0.29) is 17.8 Å². The molecule has 0 atom stereocenters. The molecule has 3 rings (SSSR count). The molecule has 0 spiro atoms. The van der Waals surface area contributed by atoms with Crippen molar-refractivity contribution in [3.8, 4) is 11.4 Å². The summed E-state index contributed by atoms with van der Waals surface area (Å²) in [4.78, 5) is 8.50. The minimum atomic E-state index is -0.0989. The van der Waals surface area contributed by atoms with E-state index in [0.717, 1.165) is 18.4 Å². The highest BCUT2D eigenvalue weighted by molar-refractivity contribution is 5.85. The highest BCUT2D eigenvalue weighted by Crippen LogP contribution is 2.39. The van der Waals surface area contributed by atoms with Crippen LogP contribution in [0, 0.1) is 0 Å². The monoisotopic (exact) mass is 280 g/mol. The maximum absolute atomic E-state index is 5.91. The Morgan fingerprint density at radius 3 is 2.53 bits per heavy atom. The SMILES string of the molecule is Cl.NCC1(c2nc(-c3ccncc3)no2)CCCC1. The number of hydrogen-bond donors (Lipinski definition) is 1. The molecule has 19 heavy (non-hydrogen) atoms. The van der Waals surface area contributed by atoms with Crippen LogP contribution in [0.15, 0.2) is 29.0 Å². The van der Waals surface area contributed by atoms with Gasteiger partial charge in [0.1, 0.15) is 0 Å². The first-order valence-corrected chi connectivity index (χ1v) is 6.29. The van der Waals surface area contributed by atoms with Gasteiger partial charge in [-0.1, -0.05) is 18.0 Å². The van der Waals surface area contributed by atoms with Crippen LogP contribution in [-0.2, 0) is 5.41 Å². The van der Waals surface area contributed by atoms with Gasteiger partial charge in [0.05, 0.1) is 5.41 Å². The Balaban J connectivity index is 0.00000133. The summed E-state index contributed by atoms with van der Waals surface area (Å²) in [5.41, 5.74) is 6.73. The van der Waals surface area contributed by atoms with Crippen molar-refractivity contribution in [2.45, 2.75) is 31.1 Å². The molecular formula is C13H17ClN4O. The molecule has 0 radical (unpaired) electrons. The minimum absolute atomic E-state index is 0. The lowest BCUT2D eigenvalue weighted by Crippen LogP contribution is -2.32. The topological polar surface area (TPSA) is 77.8 Å². The van der Waals surface area contributed by atoms with Crippen LogP contribution in [0.1, 0.15) is 31.6 Å². The van der Waals surface area contributed by atoms with Crippen molar-refractivity contribution in [2.75, 3.05) is 6.54 Å². The van der Waals surface area contributed by atoms with E-state index in [2.05, 4.69) is 15.1 Å². The van der Waals surface area contributed by atoms with E-state index in [1.54, 1.807) is 12.4 Å². The standard InChI is InChI=1S/C13H16N4O.ClH/c14-9-13(5-1-2-6-13)12-16-11(17-18-12)10-3-7-15-8-4-10;/h3-4,7-8H,1-2,5-6,9,14H2;1H. The second-order valence-corrected chi connectivity index (χ2v) is 4.85. The van der Waals surface area contributed by atoms with Crippen LogP contribution in [0.3, 0.4) is 0 Å². The van der Waals surface area contributed by atoms with Gasteiger partial charge in [-0.3, -0.25) is 4.98 Å². The summed E-state index contributed by atoms with van der Waals surface area (Å²) in [6, 6.07) is 3.75.